The first-order chi connectivity index (χ1) is 11.4. The summed E-state index contributed by atoms with van der Waals surface area (Å²) in [7, 11) is 0. The number of halogens is 3. The summed E-state index contributed by atoms with van der Waals surface area (Å²) >= 11 is 0. The smallest absolute Gasteiger partial charge is 0.406 e. The van der Waals surface area contributed by atoms with E-state index in [-0.39, 0.29) is 5.56 Å². The molecular formula is C16H13F3N2O3. The van der Waals surface area contributed by atoms with Gasteiger partial charge in [0, 0.05) is 23.2 Å². The zero-order chi connectivity index (χ0) is 17.2. The van der Waals surface area contributed by atoms with Crippen molar-refractivity contribution in [3.8, 4) is 5.75 Å². The van der Waals surface area contributed by atoms with Crippen molar-refractivity contribution in [2.24, 2.45) is 0 Å². The number of carbonyl (C=O) groups excluding carboxylic acids is 1. The molecule has 8 heteroatoms. The SMILES string of the molecule is O=C(Nc1cnc2c(c1)COCC2)c1cccc(OC(F)(F)F)c1. The van der Waals surface area contributed by atoms with E-state index < -0.39 is 18.0 Å². The molecule has 0 fully saturated rings. The molecule has 24 heavy (non-hydrogen) atoms. The van der Waals surface area contributed by atoms with Crippen LogP contribution in [0.25, 0.3) is 0 Å². The highest BCUT2D eigenvalue weighted by Gasteiger charge is 2.31. The van der Waals surface area contributed by atoms with Crippen molar-refractivity contribution in [1.82, 2.24) is 4.98 Å². The monoisotopic (exact) mass is 338 g/mol. The van der Waals surface area contributed by atoms with Gasteiger partial charge >= 0.3 is 6.36 Å². The van der Waals surface area contributed by atoms with Gasteiger partial charge in [0.1, 0.15) is 5.75 Å². The predicted octanol–water partition coefficient (Wildman–Crippen LogP) is 3.31. The third-order valence-corrected chi connectivity index (χ3v) is 3.39. The van der Waals surface area contributed by atoms with Gasteiger partial charge in [-0.2, -0.15) is 0 Å². The largest absolute Gasteiger partial charge is 0.573 e. The molecule has 0 atom stereocenters. The number of rotatable bonds is 3. The number of pyridine rings is 1. The van der Waals surface area contributed by atoms with E-state index in [9.17, 15) is 18.0 Å². The lowest BCUT2D eigenvalue weighted by Gasteiger charge is -2.16. The lowest BCUT2D eigenvalue weighted by atomic mass is 10.1. The van der Waals surface area contributed by atoms with Crippen molar-refractivity contribution in [3.63, 3.8) is 0 Å². The molecule has 1 aromatic carbocycles. The lowest BCUT2D eigenvalue weighted by Crippen LogP contribution is -2.18. The molecule has 3 rings (SSSR count). The van der Waals surface area contributed by atoms with Crippen LogP contribution in [0.4, 0.5) is 18.9 Å². The molecule has 0 aliphatic carbocycles. The van der Waals surface area contributed by atoms with Gasteiger partial charge < -0.3 is 14.8 Å². The molecule has 1 N–H and O–H groups in total. The Bertz CT molecular complexity index is 762. The number of ether oxygens (including phenoxy) is 2. The number of anilines is 1. The van der Waals surface area contributed by atoms with Crippen LogP contribution in [0.15, 0.2) is 36.5 Å². The summed E-state index contributed by atoms with van der Waals surface area (Å²) in [5.41, 5.74) is 2.30. The van der Waals surface area contributed by atoms with Gasteiger partial charge in [-0.1, -0.05) is 6.07 Å². The topological polar surface area (TPSA) is 60.5 Å². The normalized spacial score (nSPS) is 14.0. The van der Waals surface area contributed by atoms with E-state index in [1.165, 1.54) is 18.3 Å². The maximum atomic E-state index is 12.2. The van der Waals surface area contributed by atoms with Crippen LogP contribution in [0.3, 0.4) is 0 Å². The fourth-order valence-electron chi connectivity index (χ4n) is 2.35. The number of aromatic nitrogens is 1. The molecule has 0 radical (unpaired) electrons. The van der Waals surface area contributed by atoms with Crippen LogP contribution in [0.1, 0.15) is 21.6 Å². The number of benzene rings is 1. The summed E-state index contributed by atoms with van der Waals surface area (Å²) in [6.07, 6.45) is -2.59. The molecule has 1 amide bonds. The van der Waals surface area contributed by atoms with Crippen molar-refractivity contribution in [2.45, 2.75) is 19.4 Å². The molecule has 1 aromatic heterocycles. The van der Waals surface area contributed by atoms with Crippen LogP contribution in [0.2, 0.25) is 0 Å². The van der Waals surface area contributed by atoms with Crippen LogP contribution >= 0.6 is 0 Å². The molecule has 1 aliphatic rings. The van der Waals surface area contributed by atoms with E-state index in [0.717, 1.165) is 23.4 Å². The fraction of sp³-hybridized carbons (Fsp3) is 0.250. The lowest BCUT2D eigenvalue weighted by molar-refractivity contribution is -0.274. The quantitative estimate of drug-likeness (QED) is 0.933. The van der Waals surface area contributed by atoms with Crippen LogP contribution < -0.4 is 10.1 Å². The van der Waals surface area contributed by atoms with Gasteiger partial charge in [-0.15, -0.1) is 13.2 Å². The van der Waals surface area contributed by atoms with Crippen molar-refractivity contribution in [2.75, 3.05) is 11.9 Å². The zero-order valence-electron chi connectivity index (χ0n) is 12.4. The summed E-state index contributed by atoms with van der Waals surface area (Å²) in [5, 5.41) is 2.60. The maximum absolute atomic E-state index is 12.2. The first-order valence-corrected chi connectivity index (χ1v) is 7.13. The highest BCUT2D eigenvalue weighted by atomic mass is 19.4. The van der Waals surface area contributed by atoms with Gasteiger partial charge in [-0.05, 0) is 24.3 Å². The number of amides is 1. The highest BCUT2D eigenvalue weighted by Crippen LogP contribution is 2.24. The number of nitrogens with one attached hydrogen (secondary N) is 1. The second-order valence-corrected chi connectivity index (χ2v) is 5.16. The minimum absolute atomic E-state index is 0.0470. The average Bonchev–Trinajstić information content (AvgIpc) is 2.53. The third-order valence-electron chi connectivity index (χ3n) is 3.39. The minimum atomic E-state index is -4.81. The third kappa shape index (κ3) is 4.02. The van der Waals surface area contributed by atoms with E-state index in [1.807, 2.05) is 0 Å². The van der Waals surface area contributed by atoms with E-state index in [2.05, 4.69) is 15.0 Å². The second kappa shape index (κ2) is 6.48. The standard InChI is InChI=1S/C16H13F3N2O3/c17-16(18,19)24-13-3-1-2-10(7-13)15(22)21-12-6-11-9-23-5-4-14(11)20-8-12/h1-3,6-8H,4-5,9H2,(H,21,22). The Morgan fingerprint density at radius 3 is 2.92 bits per heavy atom. The van der Waals surface area contributed by atoms with Gasteiger partial charge in [-0.3, -0.25) is 9.78 Å². The Kier molecular flexibility index (Phi) is 4.39. The van der Waals surface area contributed by atoms with Crippen molar-refractivity contribution in [3.05, 3.63) is 53.3 Å². The summed E-state index contributed by atoms with van der Waals surface area (Å²) in [4.78, 5) is 16.5. The van der Waals surface area contributed by atoms with E-state index >= 15 is 0 Å². The number of nitrogens with zero attached hydrogens (tertiary/aromatic N) is 1. The van der Waals surface area contributed by atoms with Crippen LogP contribution in [-0.2, 0) is 17.8 Å². The van der Waals surface area contributed by atoms with Gasteiger partial charge in [0.2, 0.25) is 0 Å². The first-order valence-electron chi connectivity index (χ1n) is 7.13. The zero-order valence-corrected chi connectivity index (χ0v) is 12.4. The highest BCUT2D eigenvalue weighted by molar-refractivity contribution is 6.04. The Morgan fingerprint density at radius 1 is 1.29 bits per heavy atom. The van der Waals surface area contributed by atoms with Gasteiger partial charge in [0.25, 0.3) is 5.91 Å². The molecular weight excluding hydrogens is 325 g/mol. The molecule has 2 heterocycles. The summed E-state index contributed by atoms with van der Waals surface area (Å²) < 4.78 is 45.9. The number of hydrogen-bond donors (Lipinski definition) is 1. The Balaban J connectivity index is 1.74. The van der Waals surface area contributed by atoms with E-state index in [0.29, 0.717) is 25.3 Å². The van der Waals surface area contributed by atoms with Gasteiger partial charge in [0.15, 0.2) is 0 Å². The molecule has 1 aliphatic heterocycles. The first kappa shape index (κ1) is 16.3. The molecule has 0 saturated carbocycles. The number of carbonyl (C=O) groups is 1. The Labute approximate surface area is 135 Å². The number of alkyl halides is 3. The van der Waals surface area contributed by atoms with Crippen molar-refractivity contribution < 1.29 is 27.4 Å². The van der Waals surface area contributed by atoms with E-state index in [1.54, 1.807) is 6.07 Å². The summed E-state index contributed by atoms with van der Waals surface area (Å²) in [6.45, 7) is 1.03. The summed E-state index contributed by atoms with van der Waals surface area (Å²) in [6, 6.07) is 6.61. The molecule has 0 spiro atoms. The van der Waals surface area contributed by atoms with Crippen LogP contribution in [0, 0.1) is 0 Å². The van der Waals surface area contributed by atoms with Gasteiger partial charge in [-0.25, -0.2) is 0 Å². The van der Waals surface area contributed by atoms with Gasteiger partial charge in [0.05, 0.1) is 25.1 Å². The van der Waals surface area contributed by atoms with E-state index in [4.69, 9.17) is 4.74 Å². The fourth-order valence-corrected chi connectivity index (χ4v) is 2.35. The molecule has 0 saturated heterocycles. The molecule has 2 aromatic rings. The Morgan fingerprint density at radius 2 is 2.12 bits per heavy atom. The Hall–Kier alpha value is -2.61. The summed E-state index contributed by atoms with van der Waals surface area (Å²) in [5.74, 6) is -1.01. The minimum Gasteiger partial charge on any atom is -0.406 e. The van der Waals surface area contributed by atoms with Crippen LogP contribution in [0.5, 0.6) is 5.75 Å². The maximum Gasteiger partial charge on any atom is 0.573 e. The molecule has 126 valence electrons. The predicted molar refractivity (Wildman–Crippen MR) is 78.7 cm³/mol. The molecule has 0 bridgehead atoms. The van der Waals surface area contributed by atoms with Crippen molar-refractivity contribution >= 4 is 11.6 Å². The molecule has 0 unspecified atom stereocenters. The molecule has 5 nitrogen and oxygen atoms in total. The van der Waals surface area contributed by atoms with Crippen LogP contribution in [-0.4, -0.2) is 23.9 Å². The number of hydrogen-bond acceptors (Lipinski definition) is 4. The average molecular weight is 338 g/mol. The van der Waals surface area contributed by atoms with Crippen molar-refractivity contribution in [1.29, 1.82) is 0 Å². The second-order valence-electron chi connectivity index (χ2n) is 5.16. The number of fused-ring (bicyclic) bond motifs is 1.